The van der Waals surface area contributed by atoms with Gasteiger partial charge in [-0.2, -0.15) is 4.72 Å². The number of ether oxygens (including phenoxy) is 3. The lowest BCUT2D eigenvalue weighted by Gasteiger charge is -2.19. The molecule has 0 aromatic heterocycles. The van der Waals surface area contributed by atoms with Crippen molar-refractivity contribution >= 4 is 15.9 Å². The summed E-state index contributed by atoms with van der Waals surface area (Å²) in [7, 11) is -0.902. The molecule has 3 aromatic rings. The largest absolute Gasteiger partial charge is 0.494 e. The van der Waals surface area contributed by atoms with Gasteiger partial charge in [-0.15, -0.1) is 0 Å². The van der Waals surface area contributed by atoms with Crippen molar-refractivity contribution in [2.24, 2.45) is 0 Å². The van der Waals surface area contributed by atoms with Crippen LogP contribution in [0, 0.1) is 6.92 Å². The first-order valence-corrected chi connectivity index (χ1v) is 13.0. The molecule has 0 heterocycles. The van der Waals surface area contributed by atoms with E-state index < -0.39 is 22.0 Å². The molecule has 3 rings (SSSR count). The molecule has 2 N–H and O–H groups in total. The van der Waals surface area contributed by atoms with E-state index in [-0.39, 0.29) is 17.9 Å². The van der Waals surface area contributed by atoms with Gasteiger partial charge >= 0.3 is 0 Å². The van der Waals surface area contributed by atoms with Crippen LogP contribution in [-0.4, -0.2) is 41.2 Å². The molecule has 0 radical (unpaired) electrons. The molecule has 0 aliphatic carbocycles. The van der Waals surface area contributed by atoms with Crippen molar-refractivity contribution in [2.45, 2.75) is 37.8 Å². The molecule has 36 heavy (non-hydrogen) atoms. The maximum Gasteiger partial charge on any atom is 0.241 e. The molecule has 0 fully saturated rings. The van der Waals surface area contributed by atoms with Crippen LogP contribution < -0.4 is 24.2 Å². The molecule has 0 bridgehead atoms. The summed E-state index contributed by atoms with van der Waals surface area (Å²) in [4.78, 5) is 13.3. The minimum Gasteiger partial charge on any atom is -0.494 e. The Balaban J connectivity index is 1.81. The summed E-state index contributed by atoms with van der Waals surface area (Å²) in [5, 5.41) is 2.84. The molecule has 0 unspecified atom stereocenters. The number of hydrogen-bond acceptors (Lipinski definition) is 6. The van der Waals surface area contributed by atoms with Crippen molar-refractivity contribution in [1.82, 2.24) is 10.0 Å². The molecule has 0 saturated heterocycles. The van der Waals surface area contributed by atoms with Crippen LogP contribution in [0.1, 0.15) is 23.6 Å². The highest BCUT2D eigenvalue weighted by Gasteiger charge is 2.26. The normalized spacial score (nSPS) is 12.0. The average molecular weight is 513 g/mol. The number of aryl methyl sites for hydroxylation is 1. The number of carbonyl (C=O) groups excluding carboxylic acids is 1. The maximum absolute atomic E-state index is 13.2. The zero-order valence-electron chi connectivity index (χ0n) is 20.9. The van der Waals surface area contributed by atoms with E-state index in [1.165, 1.54) is 19.2 Å². The van der Waals surface area contributed by atoms with Crippen LogP contribution in [-0.2, 0) is 27.8 Å². The summed E-state index contributed by atoms with van der Waals surface area (Å²) in [5.41, 5.74) is 2.30. The fraction of sp³-hybridized carbons (Fsp3) is 0.296. The molecule has 8 nitrogen and oxygen atoms in total. The molecule has 3 aromatic carbocycles. The van der Waals surface area contributed by atoms with Crippen LogP contribution in [0.15, 0.2) is 71.6 Å². The Morgan fingerprint density at radius 2 is 1.58 bits per heavy atom. The van der Waals surface area contributed by atoms with Gasteiger partial charge in [-0.05, 0) is 67.3 Å². The molecule has 192 valence electrons. The van der Waals surface area contributed by atoms with E-state index in [9.17, 15) is 13.2 Å². The lowest BCUT2D eigenvalue weighted by Crippen LogP contribution is -2.47. The first-order valence-electron chi connectivity index (χ1n) is 11.6. The monoisotopic (exact) mass is 512 g/mol. The van der Waals surface area contributed by atoms with Gasteiger partial charge in [0.05, 0.1) is 25.7 Å². The van der Waals surface area contributed by atoms with E-state index in [1.54, 1.807) is 38.3 Å². The van der Waals surface area contributed by atoms with E-state index in [0.29, 0.717) is 29.4 Å². The van der Waals surface area contributed by atoms with Crippen LogP contribution in [0.2, 0.25) is 0 Å². The number of sulfonamides is 1. The zero-order valence-corrected chi connectivity index (χ0v) is 21.7. The lowest BCUT2D eigenvalue weighted by molar-refractivity contribution is -0.122. The fourth-order valence-corrected chi connectivity index (χ4v) is 4.98. The second-order valence-electron chi connectivity index (χ2n) is 8.13. The third-order valence-electron chi connectivity index (χ3n) is 5.57. The third kappa shape index (κ3) is 6.99. The van der Waals surface area contributed by atoms with Crippen molar-refractivity contribution in [2.75, 3.05) is 20.8 Å². The minimum absolute atomic E-state index is 0.0641. The van der Waals surface area contributed by atoms with Gasteiger partial charge in [0, 0.05) is 6.54 Å². The smallest absolute Gasteiger partial charge is 0.241 e. The van der Waals surface area contributed by atoms with Crippen LogP contribution in [0.3, 0.4) is 0 Å². The highest BCUT2D eigenvalue weighted by Crippen LogP contribution is 2.27. The van der Waals surface area contributed by atoms with Crippen molar-refractivity contribution in [1.29, 1.82) is 0 Å². The van der Waals surface area contributed by atoms with E-state index in [1.807, 2.05) is 37.3 Å². The molecule has 0 aliphatic heterocycles. The van der Waals surface area contributed by atoms with Crippen molar-refractivity contribution < 1.29 is 27.4 Å². The highest BCUT2D eigenvalue weighted by molar-refractivity contribution is 7.89. The number of methoxy groups -OCH3 is 2. The standard InChI is InChI=1S/C27H32N2O6S/c1-5-35-24-14-12-22(15-19(24)2)36(31,32)29-23(16-20-9-7-6-8-10-20)27(30)28-18-21-11-13-25(33-3)26(17-21)34-4/h6-15,17,23,29H,5,16,18H2,1-4H3,(H,28,30)/t23-/m0/s1. The van der Waals surface area contributed by atoms with E-state index >= 15 is 0 Å². The Labute approximate surface area is 212 Å². The zero-order chi connectivity index (χ0) is 26.1. The Hall–Kier alpha value is -3.56. The van der Waals surface area contributed by atoms with Crippen molar-refractivity contribution in [3.8, 4) is 17.2 Å². The second-order valence-corrected chi connectivity index (χ2v) is 9.85. The Kier molecular flexibility index (Phi) is 9.32. The van der Waals surface area contributed by atoms with Gasteiger partial charge in [-0.1, -0.05) is 36.4 Å². The van der Waals surface area contributed by atoms with Gasteiger partial charge < -0.3 is 19.5 Å². The molecule has 9 heteroatoms. The number of amides is 1. The maximum atomic E-state index is 13.2. The van der Waals surface area contributed by atoms with Crippen molar-refractivity contribution in [3.05, 3.63) is 83.4 Å². The highest BCUT2D eigenvalue weighted by atomic mass is 32.2. The van der Waals surface area contributed by atoms with Gasteiger partial charge in [0.1, 0.15) is 11.8 Å². The molecule has 1 amide bonds. The summed E-state index contributed by atoms with van der Waals surface area (Å²) in [5.74, 6) is 1.29. The number of hydrogen-bond donors (Lipinski definition) is 2. The number of nitrogens with one attached hydrogen (secondary N) is 2. The van der Waals surface area contributed by atoms with Crippen LogP contribution in [0.4, 0.5) is 0 Å². The molecular formula is C27H32N2O6S. The number of rotatable bonds is 12. The SMILES string of the molecule is CCOc1ccc(S(=O)(=O)N[C@@H](Cc2ccccc2)C(=O)NCc2ccc(OC)c(OC)c2)cc1C. The fourth-order valence-electron chi connectivity index (χ4n) is 3.70. The third-order valence-corrected chi connectivity index (χ3v) is 7.04. The van der Waals surface area contributed by atoms with Crippen molar-refractivity contribution in [3.63, 3.8) is 0 Å². The predicted octanol–water partition coefficient (Wildman–Crippen LogP) is 3.62. The Morgan fingerprint density at radius 3 is 2.22 bits per heavy atom. The van der Waals surface area contributed by atoms with Gasteiger partial charge in [0.2, 0.25) is 15.9 Å². The van der Waals surface area contributed by atoms with Crippen LogP contribution >= 0.6 is 0 Å². The molecule has 0 spiro atoms. The number of carbonyl (C=O) groups is 1. The van der Waals surface area contributed by atoms with E-state index in [2.05, 4.69) is 10.0 Å². The minimum atomic E-state index is -3.98. The lowest BCUT2D eigenvalue weighted by atomic mass is 10.1. The van der Waals surface area contributed by atoms with Gasteiger partial charge in [-0.3, -0.25) is 4.79 Å². The Morgan fingerprint density at radius 1 is 0.889 bits per heavy atom. The van der Waals surface area contributed by atoms with Gasteiger partial charge in [0.25, 0.3) is 0 Å². The second kappa shape index (κ2) is 12.4. The van der Waals surface area contributed by atoms with Crippen LogP contribution in [0.25, 0.3) is 0 Å². The van der Waals surface area contributed by atoms with E-state index in [0.717, 1.165) is 11.1 Å². The predicted molar refractivity (Wildman–Crippen MR) is 138 cm³/mol. The summed E-state index contributed by atoms with van der Waals surface area (Å²) < 4.78 is 45.1. The first kappa shape index (κ1) is 27.0. The first-order chi connectivity index (χ1) is 17.3. The summed E-state index contributed by atoms with van der Waals surface area (Å²) in [6, 6.07) is 18.2. The average Bonchev–Trinajstić information content (AvgIpc) is 2.88. The summed E-state index contributed by atoms with van der Waals surface area (Å²) >= 11 is 0. The molecule has 0 saturated carbocycles. The summed E-state index contributed by atoms with van der Waals surface area (Å²) in [6.07, 6.45) is 0.188. The Bertz CT molecular complexity index is 1280. The summed E-state index contributed by atoms with van der Waals surface area (Å²) in [6.45, 7) is 4.31. The van der Waals surface area contributed by atoms with Crippen LogP contribution in [0.5, 0.6) is 17.2 Å². The topological polar surface area (TPSA) is 103 Å². The van der Waals surface area contributed by atoms with Gasteiger partial charge in [-0.25, -0.2) is 8.42 Å². The quantitative estimate of drug-likeness (QED) is 0.384. The van der Waals surface area contributed by atoms with Gasteiger partial charge in [0.15, 0.2) is 11.5 Å². The molecular weight excluding hydrogens is 480 g/mol. The van der Waals surface area contributed by atoms with E-state index in [4.69, 9.17) is 14.2 Å². The molecule has 1 atom stereocenters. The number of benzene rings is 3. The molecule has 0 aliphatic rings.